The zero-order valence-electron chi connectivity index (χ0n) is 19.3. The van der Waals surface area contributed by atoms with E-state index in [1.807, 2.05) is 34.6 Å². The van der Waals surface area contributed by atoms with Gasteiger partial charge in [0.1, 0.15) is 6.04 Å². The van der Waals surface area contributed by atoms with Gasteiger partial charge in [0.2, 0.25) is 5.91 Å². The fourth-order valence-electron chi connectivity index (χ4n) is 3.63. The highest BCUT2D eigenvalue weighted by Gasteiger charge is 2.35. The third-order valence-corrected chi connectivity index (χ3v) is 5.72. The Balaban J connectivity index is 2.09. The molecule has 0 saturated carbocycles. The fraction of sp³-hybridized carbons (Fsp3) is 0.591. The van der Waals surface area contributed by atoms with Gasteiger partial charge in [0.15, 0.2) is 0 Å². The predicted octanol–water partition coefficient (Wildman–Crippen LogP) is 2.39. The van der Waals surface area contributed by atoms with Gasteiger partial charge in [-0.15, -0.1) is 0 Å². The Kier molecular flexibility index (Phi) is 8.56. The monoisotopic (exact) mass is 447 g/mol. The molecular weight excluding hydrogens is 414 g/mol. The number of nitro benzene ring substituents is 1. The molecule has 2 N–H and O–H groups in total. The lowest BCUT2D eigenvalue weighted by Crippen LogP contribution is -2.61. The standard InChI is InChI=1S/C22H33N5O5/c1-6-15(4)19(24-20(28)17-7-9-18(10-8-17)27(31)32)21(29)25-11-12-26(16(5)13-25)22(30)23-14(2)3/h7-10,14-16,19H,6,11-13H2,1-5H3,(H,23,30)(H,24,28). The van der Waals surface area contributed by atoms with Crippen molar-refractivity contribution in [3.63, 3.8) is 0 Å². The molecule has 2 rings (SSSR count). The highest BCUT2D eigenvalue weighted by molar-refractivity contribution is 5.97. The lowest BCUT2D eigenvalue weighted by atomic mass is 9.96. The van der Waals surface area contributed by atoms with Crippen LogP contribution in [0.3, 0.4) is 0 Å². The maximum Gasteiger partial charge on any atom is 0.317 e. The summed E-state index contributed by atoms with van der Waals surface area (Å²) in [7, 11) is 0. The maximum atomic E-state index is 13.3. The molecule has 0 spiro atoms. The van der Waals surface area contributed by atoms with Crippen LogP contribution in [0.25, 0.3) is 0 Å². The third kappa shape index (κ3) is 6.18. The van der Waals surface area contributed by atoms with Crippen LogP contribution in [0, 0.1) is 16.0 Å². The third-order valence-electron chi connectivity index (χ3n) is 5.72. The summed E-state index contributed by atoms with van der Waals surface area (Å²) in [5, 5.41) is 16.5. The molecule has 0 bridgehead atoms. The molecule has 1 heterocycles. The molecule has 1 aliphatic rings. The van der Waals surface area contributed by atoms with E-state index in [9.17, 15) is 24.5 Å². The smallest absolute Gasteiger partial charge is 0.317 e. The number of urea groups is 1. The quantitative estimate of drug-likeness (QED) is 0.490. The first kappa shape index (κ1) is 25.1. The molecule has 1 saturated heterocycles. The van der Waals surface area contributed by atoms with Crippen LogP contribution in [0.4, 0.5) is 10.5 Å². The van der Waals surface area contributed by atoms with Crippen molar-refractivity contribution in [2.75, 3.05) is 19.6 Å². The Morgan fingerprint density at radius 1 is 1.12 bits per heavy atom. The number of hydrogen-bond acceptors (Lipinski definition) is 5. The average Bonchev–Trinajstić information content (AvgIpc) is 2.75. The first-order valence-corrected chi connectivity index (χ1v) is 11.0. The van der Waals surface area contributed by atoms with E-state index in [0.717, 1.165) is 0 Å². The SMILES string of the molecule is CCC(C)C(NC(=O)c1ccc([N+](=O)[O-])cc1)C(=O)N1CCN(C(=O)NC(C)C)C(C)C1. The number of amides is 4. The summed E-state index contributed by atoms with van der Waals surface area (Å²) in [6.07, 6.45) is 0.684. The largest absolute Gasteiger partial charge is 0.340 e. The van der Waals surface area contributed by atoms with Crippen molar-refractivity contribution in [2.45, 2.75) is 59.2 Å². The molecule has 1 aromatic rings. The van der Waals surface area contributed by atoms with Crippen molar-refractivity contribution in [1.82, 2.24) is 20.4 Å². The molecule has 1 aliphatic heterocycles. The highest BCUT2D eigenvalue weighted by Crippen LogP contribution is 2.17. The van der Waals surface area contributed by atoms with Gasteiger partial charge in [0, 0.05) is 49.4 Å². The average molecular weight is 448 g/mol. The molecule has 176 valence electrons. The summed E-state index contributed by atoms with van der Waals surface area (Å²) in [4.78, 5) is 52.1. The summed E-state index contributed by atoms with van der Waals surface area (Å²) >= 11 is 0. The summed E-state index contributed by atoms with van der Waals surface area (Å²) in [5.74, 6) is -0.756. The van der Waals surface area contributed by atoms with E-state index in [1.54, 1.807) is 9.80 Å². The van der Waals surface area contributed by atoms with Crippen LogP contribution < -0.4 is 10.6 Å². The number of carbonyl (C=O) groups is 3. The molecule has 0 aromatic heterocycles. The Hall–Kier alpha value is -3.17. The summed E-state index contributed by atoms with van der Waals surface area (Å²) < 4.78 is 0. The molecule has 0 radical (unpaired) electrons. The zero-order valence-corrected chi connectivity index (χ0v) is 19.3. The molecule has 4 amide bonds. The molecule has 3 atom stereocenters. The number of nitrogens with one attached hydrogen (secondary N) is 2. The lowest BCUT2D eigenvalue weighted by Gasteiger charge is -2.41. The van der Waals surface area contributed by atoms with Gasteiger partial charge in [0.05, 0.1) is 4.92 Å². The second-order valence-corrected chi connectivity index (χ2v) is 8.57. The molecular formula is C22H33N5O5. The van der Waals surface area contributed by atoms with Gasteiger partial charge >= 0.3 is 6.03 Å². The number of non-ortho nitro benzene ring substituents is 1. The van der Waals surface area contributed by atoms with Crippen molar-refractivity contribution >= 4 is 23.5 Å². The van der Waals surface area contributed by atoms with E-state index in [2.05, 4.69) is 10.6 Å². The van der Waals surface area contributed by atoms with Crippen LogP contribution in [0.1, 0.15) is 51.4 Å². The van der Waals surface area contributed by atoms with Crippen LogP contribution in [-0.2, 0) is 4.79 Å². The van der Waals surface area contributed by atoms with Gasteiger partial charge < -0.3 is 20.4 Å². The van der Waals surface area contributed by atoms with Crippen LogP contribution >= 0.6 is 0 Å². The van der Waals surface area contributed by atoms with Crippen LogP contribution in [-0.4, -0.2) is 70.3 Å². The molecule has 0 aliphatic carbocycles. The Labute approximate surface area is 188 Å². The van der Waals surface area contributed by atoms with Gasteiger partial charge in [-0.1, -0.05) is 20.3 Å². The number of nitro groups is 1. The van der Waals surface area contributed by atoms with Crippen LogP contribution in [0.15, 0.2) is 24.3 Å². The van der Waals surface area contributed by atoms with Gasteiger partial charge in [-0.25, -0.2) is 4.79 Å². The topological polar surface area (TPSA) is 125 Å². The van der Waals surface area contributed by atoms with E-state index in [4.69, 9.17) is 0 Å². The highest BCUT2D eigenvalue weighted by atomic mass is 16.6. The van der Waals surface area contributed by atoms with Gasteiger partial charge in [-0.3, -0.25) is 19.7 Å². The summed E-state index contributed by atoms with van der Waals surface area (Å²) in [6, 6.07) is 4.26. The first-order valence-electron chi connectivity index (χ1n) is 11.0. The van der Waals surface area contributed by atoms with E-state index < -0.39 is 16.9 Å². The van der Waals surface area contributed by atoms with Crippen LogP contribution in [0.5, 0.6) is 0 Å². The Morgan fingerprint density at radius 2 is 1.75 bits per heavy atom. The first-order chi connectivity index (χ1) is 15.0. The van der Waals surface area contributed by atoms with E-state index in [0.29, 0.717) is 26.1 Å². The zero-order chi connectivity index (χ0) is 24.0. The molecule has 1 fully saturated rings. The molecule has 3 unspecified atom stereocenters. The second-order valence-electron chi connectivity index (χ2n) is 8.57. The van der Waals surface area contributed by atoms with Crippen molar-refractivity contribution in [1.29, 1.82) is 0 Å². The van der Waals surface area contributed by atoms with Gasteiger partial charge in [0.25, 0.3) is 11.6 Å². The van der Waals surface area contributed by atoms with Crippen molar-refractivity contribution in [3.05, 3.63) is 39.9 Å². The minimum atomic E-state index is -0.731. The second kappa shape index (κ2) is 10.9. The van der Waals surface area contributed by atoms with Crippen molar-refractivity contribution in [2.24, 2.45) is 5.92 Å². The molecule has 10 heteroatoms. The van der Waals surface area contributed by atoms with Gasteiger partial charge in [-0.2, -0.15) is 0 Å². The van der Waals surface area contributed by atoms with Crippen LogP contribution in [0.2, 0.25) is 0 Å². The molecule has 32 heavy (non-hydrogen) atoms. The minimum Gasteiger partial charge on any atom is -0.340 e. The van der Waals surface area contributed by atoms with Crippen molar-refractivity contribution < 1.29 is 19.3 Å². The number of hydrogen-bond donors (Lipinski definition) is 2. The normalized spacial score (nSPS) is 18.1. The number of rotatable bonds is 7. The lowest BCUT2D eigenvalue weighted by molar-refractivity contribution is -0.384. The fourth-order valence-corrected chi connectivity index (χ4v) is 3.63. The number of piperazine rings is 1. The number of benzene rings is 1. The van der Waals surface area contributed by atoms with E-state index in [-0.39, 0.29) is 41.2 Å². The molecule has 1 aromatic carbocycles. The Bertz CT molecular complexity index is 842. The minimum absolute atomic E-state index is 0.0266. The summed E-state index contributed by atoms with van der Waals surface area (Å²) in [5.41, 5.74) is 0.143. The Morgan fingerprint density at radius 3 is 2.25 bits per heavy atom. The maximum absolute atomic E-state index is 13.3. The molecule has 10 nitrogen and oxygen atoms in total. The van der Waals surface area contributed by atoms with E-state index >= 15 is 0 Å². The van der Waals surface area contributed by atoms with E-state index in [1.165, 1.54) is 24.3 Å². The number of nitrogens with zero attached hydrogens (tertiary/aromatic N) is 3. The van der Waals surface area contributed by atoms with Gasteiger partial charge in [-0.05, 0) is 38.8 Å². The predicted molar refractivity (Wildman–Crippen MR) is 120 cm³/mol. The summed E-state index contributed by atoms with van der Waals surface area (Å²) in [6.45, 7) is 10.7. The number of carbonyl (C=O) groups excluding carboxylic acids is 3. The van der Waals surface area contributed by atoms with Crippen molar-refractivity contribution in [3.8, 4) is 0 Å².